The van der Waals surface area contributed by atoms with Crippen LogP contribution in [0.4, 0.5) is 20.6 Å². The van der Waals surface area contributed by atoms with Crippen LogP contribution in [0.25, 0.3) is 0 Å². The van der Waals surface area contributed by atoms with Crippen LogP contribution in [0.15, 0.2) is 18.2 Å². The van der Waals surface area contributed by atoms with Crippen LogP contribution < -0.4 is 15.1 Å². The minimum absolute atomic E-state index is 0.178. The maximum atomic E-state index is 14.8. The van der Waals surface area contributed by atoms with Crippen molar-refractivity contribution in [1.82, 2.24) is 5.32 Å². The van der Waals surface area contributed by atoms with Crippen LogP contribution >= 0.6 is 11.8 Å². The Balaban J connectivity index is 1.48. The monoisotopic (exact) mass is 379 g/mol. The smallest absolute Gasteiger partial charge is 0.414 e. The quantitative estimate of drug-likeness (QED) is 0.869. The molecule has 2 amide bonds. The summed E-state index contributed by atoms with van der Waals surface area (Å²) in [6.07, 6.45) is -0.944. The Morgan fingerprint density at radius 1 is 1.38 bits per heavy atom. The summed E-state index contributed by atoms with van der Waals surface area (Å²) < 4.78 is 20.0. The highest BCUT2D eigenvalue weighted by Crippen LogP contribution is 2.45. The molecule has 3 heterocycles. The molecule has 1 aromatic rings. The second-order valence-electron chi connectivity index (χ2n) is 7.13. The van der Waals surface area contributed by atoms with Gasteiger partial charge in [-0.2, -0.15) is 11.8 Å². The van der Waals surface area contributed by atoms with Crippen LogP contribution in [0.3, 0.4) is 0 Å². The van der Waals surface area contributed by atoms with Gasteiger partial charge in [-0.1, -0.05) is 6.92 Å². The normalized spacial score (nSPS) is 30.0. The molecule has 4 rings (SSSR count). The van der Waals surface area contributed by atoms with Gasteiger partial charge in [0.05, 0.1) is 24.5 Å². The topological polar surface area (TPSA) is 61.9 Å². The molecule has 3 atom stereocenters. The fraction of sp³-hybridized carbons (Fsp3) is 0.556. The summed E-state index contributed by atoms with van der Waals surface area (Å²) in [5.41, 5.74) is 1.10. The summed E-state index contributed by atoms with van der Waals surface area (Å²) in [6, 6.07) is 5.71. The largest absolute Gasteiger partial charge is 0.442 e. The van der Waals surface area contributed by atoms with Crippen molar-refractivity contribution in [3.05, 3.63) is 24.0 Å². The van der Waals surface area contributed by atoms with E-state index in [2.05, 4.69) is 17.1 Å². The van der Waals surface area contributed by atoms with Crippen molar-refractivity contribution in [2.24, 2.45) is 5.92 Å². The Labute approximate surface area is 156 Å². The van der Waals surface area contributed by atoms with Crippen molar-refractivity contribution >= 4 is 35.1 Å². The van der Waals surface area contributed by atoms with E-state index >= 15 is 0 Å². The highest BCUT2D eigenvalue weighted by atomic mass is 32.2. The van der Waals surface area contributed by atoms with Crippen LogP contribution in [0.5, 0.6) is 0 Å². The van der Waals surface area contributed by atoms with Gasteiger partial charge in [-0.25, -0.2) is 9.18 Å². The number of rotatable bonds is 4. The van der Waals surface area contributed by atoms with Gasteiger partial charge in [-0.15, -0.1) is 0 Å². The van der Waals surface area contributed by atoms with Gasteiger partial charge in [0.15, 0.2) is 0 Å². The Bertz CT molecular complexity index is 734. The van der Waals surface area contributed by atoms with Crippen molar-refractivity contribution in [3.8, 4) is 0 Å². The molecular formula is C18H22FN3O3S. The predicted molar refractivity (Wildman–Crippen MR) is 99.2 cm³/mol. The number of carbonyl (C=O) groups excluding carboxylic acids is 2. The number of fused-ring (bicyclic) bond motifs is 2. The van der Waals surface area contributed by atoms with Crippen LogP contribution in [0, 0.1) is 11.7 Å². The van der Waals surface area contributed by atoms with Gasteiger partial charge in [0, 0.05) is 30.5 Å². The molecule has 6 nitrogen and oxygen atoms in total. The number of amides is 2. The Hall–Kier alpha value is -1.96. The number of halogens is 1. The van der Waals surface area contributed by atoms with Gasteiger partial charge in [-0.05, 0) is 24.1 Å². The number of carbonyl (C=O) groups is 2. The van der Waals surface area contributed by atoms with E-state index in [0.29, 0.717) is 35.9 Å². The first-order valence-corrected chi connectivity index (χ1v) is 9.99. The Morgan fingerprint density at radius 3 is 2.73 bits per heavy atom. The highest BCUT2D eigenvalue weighted by Gasteiger charge is 2.49. The lowest BCUT2D eigenvalue weighted by Gasteiger charge is -2.59. The maximum Gasteiger partial charge on any atom is 0.414 e. The first-order chi connectivity index (χ1) is 12.5. The predicted octanol–water partition coefficient (Wildman–Crippen LogP) is 2.23. The molecule has 3 aliphatic heterocycles. The number of nitrogens with one attached hydrogen (secondary N) is 1. The first kappa shape index (κ1) is 17.5. The second-order valence-corrected chi connectivity index (χ2v) is 8.20. The summed E-state index contributed by atoms with van der Waals surface area (Å²) in [5, 5.41) is 2.63. The van der Waals surface area contributed by atoms with Gasteiger partial charge in [-0.3, -0.25) is 9.69 Å². The van der Waals surface area contributed by atoms with Crippen LogP contribution in [0.2, 0.25) is 0 Å². The van der Waals surface area contributed by atoms with Gasteiger partial charge in [0.25, 0.3) is 0 Å². The lowest BCUT2D eigenvalue weighted by molar-refractivity contribution is -0.119. The molecule has 3 fully saturated rings. The molecule has 0 aliphatic carbocycles. The van der Waals surface area contributed by atoms with E-state index < -0.39 is 12.2 Å². The van der Waals surface area contributed by atoms with Gasteiger partial charge < -0.3 is 15.0 Å². The fourth-order valence-electron chi connectivity index (χ4n) is 4.01. The number of benzene rings is 1. The lowest BCUT2D eigenvalue weighted by atomic mass is 9.82. The number of thioether (sulfide) groups is 1. The number of hydrogen-bond acceptors (Lipinski definition) is 5. The molecule has 0 radical (unpaired) electrons. The SMILES string of the molecule is CC(=O)NCC1CN(c2ccc(N3C4CSCC3C4C)c(F)c2)C(=O)O1. The molecule has 1 N–H and O–H groups in total. The highest BCUT2D eigenvalue weighted by molar-refractivity contribution is 7.99. The average Bonchev–Trinajstić information content (AvgIpc) is 3.00. The molecule has 0 aromatic heterocycles. The number of anilines is 2. The molecule has 3 unspecified atom stereocenters. The maximum absolute atomic E-state index is 14.8. The molecule has 140 valence electrons. The second kappa shape index (κ2) is 6.64. The summed E-state index contributed by atoms with van der Waals surface area (Å²) in [6.45, 7) is 4.19. The van der Waals surface area contributed by atoms with Crippen molar-refractivity contribution in [2.75, 3.05) is 34.4 Å². The van der Waals surface area contributed by atoms with E-state index in [1.54, 1.807) is 12.1 Å². The van der Waals surface area contributed by atoms with Crippen LogP contribution in [0.1, 0.15) is 13.8 Å². The van der Waals surface area contributed by atoms with Gasteiger partial charge in [0.2, 0.25) is 5.91 Å². The molecule has 3 saturated heterocycles. The summed E-state index contributed by atoms with van der Waals surface area (Å²) in [7, 11) is 0. The van der Waals surface area contributed by atoms with Crippen LogP contribution in [-0.4, -0.2) is 54.8 Å². The molecule has 3 aliphatic rings. The molecule has 2 bridgehead atoms. The zero-order chi connectivity index (χ0) is 18.4. The van der Waals surface area contributed by atoms with E-state index in [1.165, 1.54) is 17.9 Å². The summed E-state index contributed by atoms with van der Waals surface area (Å²) in [4.78, 5) is 26.7. The van der Waals surface area contributed by atoms with E-state index in [4.69, 9.17) is 4.74 Å². The van der Waals surface area contributed by atoms with E-state index in [0.717, 1.165) is 11.5 Å². The molecule has 26 heavy (non-hydrogen) atoms. The molecule has 8 heteroatoms. The fourth-order valence-corrected chi connectivity index (χ4v) is 5.56. The summed E-state index contributed by atoms with van der Waals surface area (Å²) in [5.74, 6) is 2.17. The third kappa shape index (κ3) is 2.90. The third-order valence-electron chi connectivity index (χ3n) is 5.48. The first-order valence-electron chi connectivity index (χ1n) is 8.84. The standard InChI is InChI=1S/C18H22FN3O3S/c1-10-16-8-26-9-17(10)22(16)15-4-3-12(5-14(15)19)21-7-13(25-18(21)24)6-20-11(2)23/h3-5,10,13,16-17H,6-9H2,1-2H3,(H,20,23). The Morgan fingerprint density at radius 2 is 2.12 bits per heavy atom. The number of cyclic esters (lactones) is 1. The molecule has 0 saturated carbocycles. The lowest BCUT2D eigenvalue weighted by Crippen LogP contribution is -2.68. The van der Waals surface area contributed by atoms with Gasteiger partial charge >= 0.3 is 6.09 Å². The zero-order valence-corrected chi connectivity index (χ0v) is 15.6. The molecule has 0 spiro atoms. The molecule has 1 aromatic carbocycles. The third-order valence-corrected chi connectivity index (χ3v) is 6.63. The van der Waals surface area contributed by atoms with Gasteiger partial charge in [0.1, 0.15) is 11.9 Å². The number of ether oxygens (including phenoxy) is 1. The minimum atomic E-state index is -0.515. The number of hydrogen-bond donors (Lipinski definition) is 1. The average molecular weight is 379 g/mol. The van der Waals surface area contributed by atoms with Crippen molar-refractivity contribution < 1.29 is 18.7 Å². The summed E-state index contributed by atoms with van der Waals surface area (Å²) >= 11 is 1.93. The Kier molecular flexibility index (Phi) is 4.46. The van der Waals surface area contributed by atoms with E-state index in [1.807, 2.05) is 11.8 Å². The number of nitrogens with zero attached hydrogens (tertiary/aromatic N) is 2. The van der Waals surface area contributed by atoms with E-state index in [-0.39, 0.29) is 18.3 Å². The van der Waals surface area contributed by atoms with Crippen LogP contribution in [-0.2, 0) is 9.53 Å². The van der Waals surface area contributed by atoms with E-state index in [9.17, 15) is 14.0 Å². The van der Waals surface area contributed by atoms with Crippen molar-refractivity contribution in [1.29, 1.82) is 0 Å². The minimum Gasteiger partial charge on any atom is -0.442 e. The zero-order valence-electron chi connectivity index (χ0n) is 14.8. The van der Waals surface area contributed by atoms with Crippen molar-refractivity contribution in [3.63, 3.8) is 0 Å². The van der Waals surface area contributed by atoms with Crippen molar-refractivity contribution in [2.45, 2.75) is 32.0 Å². The molecular weight excluding hydrogens is 357 g/mol.